The largest absolute Gasteiger partial charge is 0.465 e. The molecule has 1 aliphatic carbocycles. The SMILES string of the molecule is COCCNS(=O)(=O)c1c(C)oc(C)c1CNC1CC1. The summed E-state index contributed by atoms with van der Waals surface area (Å²) in [6.07, 6.45) is 2.31. The third-order valence-electron chi connectivity index (χ3n) is 3.34. The van der Waals surface area contributed by atoms with E-state index in [0.29, 0.717) is 30.7 Å². The van der Waals surface area contributed by atoms with Gasteiger partial charge in [0.05, 0.1) is 6.61 Å². The number of nitrogens with one attached hydrogen (secondary N) is 2. The monoisotopic (exact) mass is 302 g/mol. The van der Waals surface area contributed by atoms with E-state index < -0.39 is 10.0 Å². The van der Waals surface area contributed by atoms with Crippen LogP contribution in [0.1, 0.15) is 29.9 Å². The van der Waals surface area contributed by atoms with E-state index in [1.165, 1.54) is 7.11 Å². The maximum absolute atomic E-state index is 12.4. The molecule has 1 aliphatic rings. The molecule has 0 unspecified atom stereocenters. The summed E-state index contributed by atoms with van der Waals surface area (Å²) in [4.78, 5) is 0.263. The summed E-state index contributed by atoms with van der Waals surface area (Å²) in [7, 11) is -2.03. The van der Waals surface area contributed by atoms with Crippen molar-refractivity contribution in [1.82, 2.24) is 10.0 Å². The van der Waals surface area contributed by atoms with Crippen molar-refractivity contribution in [1.29, 1.82) is 0 Å². The van der Waals surface area contributed by atoms with Gasteiger partial charge in [-0.05, 0) is 26.7 Å². The maximum atomic E-state index is 12.4. The number of hydrogen-bond acceptors (Lipinski definition) is 5. The Hall–Kier alpha value is -0.890. The summed E-state index contributed by atoms with van der Waals surface area (Å²) in [5.41, 5.74) is 0.722. The predicted molar refractivity (Wildman–Crippen MR) is 75.1 cm³/mol. The molecule has 0 saturated heterocycles. The molecule has 6 nitrogen and oxygen atoms in total. The number of hydrogen-bond donors (Lipinski definition) is 2. The Bertz CT molecular complexity index is 561. The van der Waals surface area contributed by atoms with E-state index in [9.17, 15) is 8.42 Å². The summed E-state index contributed by atoms with van der Waals surface area (Å²) in [5, 5.41) is 3.33. The molecule has 1 heterocycles. The summed E-state index contributed by atoms with van der Waals surface area (Å²) in [6.45, 7) is 4.58. The van der Waals surface area contributed by atoms with Gasteiger partial charge >= 0.3 is 0 Å². The molecule has 0 aromatic carbocycles. The summed E-state index contributed by atoms with van der Waals surface area (Å²) in [5.74, 6) is 1.09. The molecule has 0 amide bonds. The van der Waals surface area contributed by atoms with Gasteiger partial charge in [-0.25, -0.2) is 13.1 Å². The molecular weight excluding hydrogens is 280 g/mol. The zero-order chi connectivity index (χ0) is 14.8. The first-order chi connectivity index (χ1) is 9.45. The third kappa shape index (κ3) is 3.60. The molecule has 1 aromatic rings. The lowest BCUT2D eigenvalue weighted by Gasteiger charge is -2.09. The van der Waals surface area contributed by atoms with Crippen molar-refractivity contribution in [2.75, 3.05) is 20.3 Å². The Balaban J connectivity index is 2.19. The van der Waals surface area contributed by atoms with Crippen molar-refractivity contribution < 1.29 is 17.6 Å². The van der Waals surface area contributed by atoms with Gasteiger partial charge in [0.25, 0.3) is 0 Å². The first kappa shape index (κ1) is 15.5. The minimum absolute atomic E-state index is 0.248. The van der Waals surface area contributed by atoms with E-state index in [0.717, 1.165) is 18.4 Å². The quantitative estimate of drug-likeness (QED) is 0.702. The first-order valence-corrected chi connectivity index (χ1v) is 8.25. The number of rotatable bonds is 8. The van der Waals surface area contributed by atoms with Gasteiger partial charge in [-0.15, -0.1) is 0 Å². The number of aryl methyl sites for hydroxylation is 2. The summed E-state index contributed by atoms with van der Waals surface area (Å²) < 4.78 is 37.6. The molecule has 20 heavy (non-hydrogen) atoms. The second-order valence-electron chi connectivity index (χ2n) is 5.07. The summed E-state index contributed by atoms with van der Waals surface area (Å²) >= 11 is 0. The molecule has 0 radical (unpaired) electrons. The zero-order valence-electron chi connectivity index (χ0n) is 12.2. The van der Waals surface area contributed by atoms with Crippen LogP contribution in [0, 0.1) is 13.8 Å². The molecular formula is C13H22N2O4S. The van der Waals surface area contributed by atoms with Gasteiger partial charge in [0.15, 0.2) is 0 Å². The molecule has 0 aliphatic heterocycles. The predicted octanol–water partition coefficient (Wildman–Crippen LogP) is 1.07. The van der Waals surface area contributed by atoms with Crippen LogP contribution in [0.5, 0.6) is 0 Å². The number of ether oxygens (including phenoxy) is 1. The molecule has 1 fully saturated rings. The lowest BCUT2D eigenvalue weighted by Crippen LogP contribution is -2.29. The van der Waals surface area contributed by atoms with Crippen molar-refractivity contribution in [3.8, 4) is 0 Å². The molecule has 1 saturated carbocycles. The summed E-state index contributed by atoms with van der Waals surface area (Å²) in [6, 6.07) is 0.515. The molecule has 0 atom stereocenters. The Morgan fingerprint density at radius 3 is 2.60 bits per heavy atom. The average Bonchev–Trinajstić information content (AvgIpc) is 3.13. The highest BCUT2D eigenvalue weighted by atomic mass is 32.2. The van der Waals surface area contributed by atoms with Crippen LogP contribution in [0.2, 0.25) is 0 Å². The molecule has 1 aromatic heterocycles. The van der Waals surface area contributed by atoms with Crippen molar-refractivity contribution in [3.63, 3.8) is 0 Å². The van der Waals surface area contributed by atoms with Gasteiger partial charge in [-0.2, -0.15) is 0 Å². The van der Waals surface area contributed by atoms with Crippen molar-refractivity contribution in [2.45, 2.75) is 44.2 Å². The lowest BCUT2D eigenvalue weighted by molar-refractivity contribution is 0.204. The van der Waals surface area contributed by atoms with E-state index in [1.807, 2.05) is 0 Å². The fourth-order valence-electron chi connectivity index (χ4n) is 2.15. The van der Waals surface area contributed by atoms with E-state index in [-0.39, 0.29) is 11.4 Å². The highest BCUT2D eigenvalue weighted by Gasteiger charge is 2.28. The Kier molecular flexibility index (Phi) is 4.85. The number of furan rings is 1. The number of methoxy groups -OCH3 is 1. The molecule has 7 heteroatoms. The standard InChI is InChI=1S/C13H22N2O4S/c1-9-12(8-14-11-4-5-11)13(10(2)19-9)20(16,17)15-6-7-18-3/h11,14-15H,4-8H2,1-3H3. The second kappa shape index (κ2) is 6.26. The minimum atomic E-state index is -3.56. The Morgan fingerprint density at radius 2 is 2.00 bits per heavy atom. The Morgan fingerprint density at radius 1 is 1.30 bits per heavy atom. The minimum Gasteiger partial charge on any atom is -0.465 e. The van der Waals surface area contributed by atoms with Crippen molar-refractivity contribution in [3.05, 3.63) is 17.1 Å². The molecule has 0 spiro atoms. The zero-order valence-corrected chi connectivity index (χ0v) is 13.0. The Labute approximate surface area is 119 Å². The van der Waals surface area contributed by atoms with Gasteiger partial charge in [-0.3, -0.25) is 0 Å². The molecule has 114 valence electrons. The highest BCUT2D eigenvalue weighted by molar-refractivity contribution is 7.89. The molecule has 0 bridgehead atoms. The van der Waals surface area contributed by atoms with Crippen LogP contribution in [0.25, 0.3) is 0 Å². The van der Waals surface area contributed by atoms with Crippen LogP contribution >= 0.6 is 0 Å². The van der Waals surface area contributed by atoms with Crippen molar-refractivity contribution >= 4 is 10.0 Å². The maximum Gasteiger partial charge on any atom is 0.244 e. The van der Waals surface area contributed by atoms with E-state index in [4.69, 9.17) is 9.15 Å². The smallest absolute Gasteiger partial charge is 0.244 e. The fourth-order valence-corrected chi connectivity index (χ4v) is 3.61. The molecule has 2 N–H and O–H groups in total. The van der Waals surface area contributed by atoms with Crippen LogP contribution in [0.3, 0.4) is 0 Å². The van der Waals surface area contributed by atoms with E-state index >= 15 is 0 Å². The van der Waals surface area contributed by atoms with Gasteiger partial charge in [0.1, 0.15) is 16.4 Å². The highest BCUT2D eigenvalue weighted by Crippen LogP contribution is 2.28. The van der Waals surface area contributed by atoms with Crippen LogP contribution in [0.4, 0.5) is 0 Å². The van der Waals surface area contributed by atoms with Crippen LogP contribution in [0.15, 0.2) is 9.31 Å². The van der Waals surface area contributed by atoms with Crippen molar-refractivity contribution in [2.24, 2.45) is 0 Å². The van der Waals surface area contributed by atoms with Gasteiger partial charge in [0.2, 0.25) is 10.0 Å². The van der Waals surface area contributed by atoms with Gasteiger partial charge in [0, 0.05) is 31.8 Å². The lowest BCUT2D eigenvalue weighted by atomic mass is 10.2. The molecule has 2 rings (SSSR count). The first-order valence-electron chi connectivity index (χ1n) is 6.76. The van der Waals surface area contributed by atoms with E-state index in [2.05, 4.69) is 10.0 Å². The normalized spacial score (nSPS) is 15.8. The van der Waals surface area contributed by atoms with E-state index in [1.54, 1.807) is 13.8 Å². The van der Waals surface area contributed by atoms with Crippen LogP contribution < -0.4 is 10.0 Å². The topological polar surface area (TPSA) is 80.6 Å². The fraction of sp³-hybridized carbons (Fsp3) is 0.692. The van der Waals surface area contributed by atoms with Gasteiger partial charge < -0.3 is 14.5 Å². The van der Waals surface area contributed by atoms with Crippen LogP contribution in [-0.2, 0) is 21.3 Å². The second-order valence-corrected chi connectivity index (χ2v) is 6.77. The van der Waals surface area contributed by atoms with Crippen LogP contribution in [-0.4, -0.2) is 34.7 Å². The van der Waals surface area contributed by atoms with Gasteiger partial charge in [-0.1, -0.05) is 0 Å². The average molecular weight is 302 g/mol. The third-order valence-corrected chi connectivity index (χ3v) is 4.99. The number of sulfonamides is 1.